The highest BCUT2D eigenvalue weighted by Crippen LogP contribution is 2.64. The summed E-state index contributed by atoms with van der Waals surface area (Å²) in [5.74, 6) is -26.2. The predicted molar refractivity (Wildman–Crippen MR) is 39.8 cm³/mol. The highest BCUT2D eigenvalue weighted by molar-refractivity contribution is 9.10. The fourth-order valence-electron chi connectivity index (χ4n) is 1.14. The minimum atomic E-state index is -6.58. The van der Waals surface area contributed by atoms with E-state index in [0.29, 0.717) is 0 Å². The Balaban J connectivity index is 3.74. The molecule has 0 aromatic heterocycles. The van der Waals surface area contributed by atoms with Gasteiger partial charge in [0.15, 0.2) is 11.7 Å². The van der Waals surface area contributed by atoms with Crippen LogP contribution in [0.15, 0.2) is 11.7 Å². The van der Waals surface area contributed by atoms with Gasteiger partial charge < -0.3 is 0 Å². The molecular weight excluding hydrogens is 356 g/mol. The lowest BCUT2D eigenvalue weighted by Gasteiger charge is -2.43. The summed E-state index contributed by atoms with van der Waals surface area (Å²) in [6, 6.07) is 0. The van der Waals surface area contributed by atoms with Crippen LogP contribution < -0.4 is 0 Å². The van der Waals surface area contributed by atoms with Crippen LogP contribution in [-0.4, -0.2) is 27.6 Å². The zero-order valence-electron chi connectivity index (χ0n) is 7.60. The SMILES string of the molecule is FC1=C(F)C(F)(N(F)F)C(F)(F)C(F)(F)C1(F)Br. The first-order chi connectivity index (χ1) is 7.76. The Kier molecular flexibility index (Phi) is 3.23. The van der Waals surface area contributed by atoms with Crippen LogP contribution in [0.1, 0.15) is 0 Å². The molecule has 1 nitrogen and oxygen atoms in total. The summed E-state index contributed by atoms with van der Waals surface area (Å²) in [5.41, 5.74) is 0. The molecule has 12 heteroatoms. The Morgan fingerprint density at radius 3 is 1.50 bits per heavy atom. The second-order valence-electron chi connectivity index (χ2n) is 3.21. The number of hydrogen-bond acceptors (Lipinski definition) is 1. The first-order valence-corrected chi connectivity index (χ1v) is 4.56. The maximum atomic E-state index is 13.0. The van der Waals surface area contributed by atoms with Gasteiger partial charge in [0.1, 0.15) is 0 Å². The first-order valence-electron chi connectivity index (χ1n) is 3.76. The summed E-state index contributed by atoms with van der Waals surface area (Å²) in [4.78, 5) is 0. The molecule has 1 aliphatic carbocycles. The topological polar surface area (TPSA) is 3.24 Å². The summed E-state index contributed by atoms with van der Waals surface area (Å²) in [7, 11) is 0. The van der Waals surface area contributed by atoms with E-state index >= 15 is 0 Å². The third-order valence-corrected chi connectivity index (χ3v) is 3.04. The summed E-state index contributed by atoms with van der Waals surface area (Å²) in [5, 5.41) is -3.29. The monoisotopic (exact) mass is 355 g/mol. The van der Waals surface area contributed by atoms with E-state index in [2.05, 4.69) is 0 Å². The molecule has 0 saturated heterocycles. The predicted octanol–water partition coefficient (Wildman–Crippen LogP) is 4.22. The van der Waals surface area contributed by atoms with E-state index in [0.717, 1.165) is 15.9 Å². The minimum Gasteiger partial charge on any atom is -0.216 e. The van der Waals surface area contributed by atoms with Crippen LogP contribution >= 0.6 is 15.9 Å². The standard InChI is InChI=1S/C6BrF10N/c7-3(10)1(8)2(9)4(11,18(16)17)6(14,15)5(3,12)13. The zero-order valence-corrected chi connectivity index (χ0v) is 9.19. The van der Waals surface area contributed by atoms with Gasteiger partial charge in [0.25, 0.3) is 4.58 Å². The van der Waals surface area contributed by atoms with Gasteiger partial charge >= 0.3 is 17.6 Å². The number of alkyl halides is 7. The molecule has 0 fully saturated rings. The van der Waals surface area contributed by atoms with Gasteiger partial charge in [-0.3, -0.25) is 0 Å². The average Bonchev–Trinajstić information content (AvgIpc) is 2.23. The second-order valence-corrected chi connectivity index (χ2v) is 4.30. The summed E-state index contributed by atoms with van der Waals surface area (Å²) >= 11 is 1.10. The zero-order chi connectivity index (χ0) is 14.7. The van der Waals surface area contributed by atoms with Crippen molar-refractivity contribution >= 4 is 15.9 Å². The van der Waals surface area contributed by atoms with Crippen LogP contribution in [0.25, 0.3) is 0 Å². The van der Waals surface area contributed by atoms with Gasteiger partial charge in [0.05, 0.1) is 5.34 Å². The molecule has 0 heterocycles. The lowest BCUT2D eigenvalue weighted by molar-refractivity contribution is -0.394. The van der Waals surface area contributed by atoms with Crippen molar-refractivity contribution in [3.05, 3.63) is 11.7 Å². The van der Waals surface area contributed by atoms with E-state index in [9.17, 15) is 44.1 Å². The van der Waals surface area contributed by atoms with Gasteiger partial charge in [0.2, 0.25) is 0 Å². The molecule has 1 rings (SSSR count). The lowest BCUT2D eigenvalue weighted by atomic mass is 9.89. The van der Waals surface area contributed by atoms with Crippen LogP contribution in [0, 0.1) is 0 Å². The first kappa shape index (κ1) is 15.5. The molecule has 0 amide bonds. The second kappa shape index (κ2) is 3.74. The number of rotatable bonds is 1. The molecular formula is C6BrF10N. The minimum absolute atomic E-state index is 1.10. The quantitative estimate of drug-likeness (QED) is 0.294. The van der Waals surface area contributed by atoms with Gasteiger partial charge in [-0.1, -0.05) is 8.96 Å². The fourth-order valence-corrected chi connectivity index (χ4v) is 1.57. The highest BCUT2D eigenvalue weighted by Gasteiger charge is 2.87. The van der Waals surface area contributed by atoms with Crippen molar-refractivity contribution in [2.75, 3.05) is 0 Å². The molecule has 1 aliphatic rings. The van der Waals surface area contributed by atoms with E-state index in [1.165, 1.54) is 0 Å². The Morgan fingerprint density at radius 2 is 1.17 bits per heavy atom. The van der Waals surface area contributed by atoms with Gasteiger partial charge in [0, 0.05) is 0 Å². The van der Waals surface area contributed by atoms with Crippen LogP contribution in [-0.2, 0) is 0 Å². The third kappa shape index (κ3) is 1.38. The van der Waals surface area contributed by atoms with Crippen molar-refractivity contribution in [1.29, 1.82) is 0 Å². The Labute approximate surface area is 100 Å². The molecule has 0 radical (unpaired) electrons. The molecule has 0 bridgehead atoms. The molecule has 0 aromatic rings. The van der Waals surface area contributed by atoms with Crippen molar-refractivity contribution in [3.63, 3.8) is 0 Å². The fraction of sp³-hybridized carbons (Fsp3) is 0.667. The molecule has 0 saturated carbocycles. The summed E-state index contributed by atoms with van der Waals surface area (Å²) in [6.45, 7) is 0. The van der Waals surface area contributed by atoms with Crippen molar-refractivity contribution in [2.45, 2.75) is 22.2 Å². The van der Waals surface area contributed by atoms with E-state index in [4.69, 9.17) is 0 Å². The van der Waals surface area contributed by atoms with Crippen LogP contribution in [0.3, 0.4) is 0 Å². The average molecular weight is 356 g/mol. The smallest absolute Gasteiger partial charge is 0.216 e. The Bertz CT molecular complexity index is 403. The molecule has 0 aliphatic heterocycles. The van der Waals surface area contributed by atoms with Gasteiger partial charge in [-0.15, -0.1) is 0 Å². The number of hydrogen-bond donors (Lipinski definition) is 0. The summed E-state index contributed by atoms with van der Waals surface area (Å²) in [6.07, 6.45) is 0. The van der Waals surface area contributed by atoms with Crippen molar-refractivity contribution < 1.29 is 44.1 Å². The van der Waals surface area contributed by atoms with E-state index in [1.807, 2.05) is 0 Å². The van der Waals surface area contributed by atoms with Gasteiger partial charge in [-0.05, 0) is 15.9 Å². The van der Waals surface area contributed by atoms with Crippen LogP contribution in [0.4, 0.5) is 44.1 Å². The maximum absolute atomic E-state index is 13.0. The lowest BCUT2D eigenvalue weighted by Crippen LogP contribution is -2.70. The number of nitrogens with zero attached hydrogens (tertiary/aromatic N) is 1. The van der Waals surface area contributed by atoms with Gasteiger partial charge in [-0.2, -0.15) is 17.6 Å². The van der Waals surface area contributed by atoms with Crippen molar-refractivity contribution in [1.82, 2.24) is 5.34 Å². The Morgan fingerprint density at radius 1 is 0.778 bits per heavy atom. The molecule has 2 unspecified atom stereocenters. The molecule has 0 aromatic carbocycles. The van der Waals surface area contributed by atoms with E-state index < -0.39 is 39.2 Å². The largest absolute Gasteiger partial charge is 0.373 e. The molecule has 0 N–H and O–H groups in total. The van der Waals surface area contributed by atoms with Gasteiger partial charge in [-0.25, -0.2) is 17.6 Å². The molecule has 2 atom stereocenters. The van der Waals surface area contributed by atoms with Crippen LogP contribution in [0.5, 0.6) is 0 Å². The summed E-state index contributed by atoms with van der Waals surface area (Å²) < 4.78 is 121. The normalized spacial score (nSPS) is 39.3. The van der Waals surface area contributed by atoms with Crippen molar-refractivity contribution in [2.24, 2.45) is 0 Å². The third-order valence-electron chi connectivity index (χ3n) is 2.20. The molecule has 18 heavy (non-hydrogen) atoms. The highest BCUT2D eigenvalue weighted by atomic mass is 79.9. The number of halogens is 11. The van der Waals surface area contributed by atoms with E-state index in [1.54, 1.807) is 0 Å². The Hall–Kier alpha value is -0.520. The van der Waals surface area contributed by atoms with E-state index in [-0.39, 0.29) is 0 Å². The van der Waals surface area contributed by atoms with Crippen LogP contribution in [0.2, 0.25) is 0 Å². The molecule has 106 valence electrons. The number of allylic oxidation sites excluding steroid dienone is 1. The molecule has 0 spiro atoms. The van der Waals surface area contributed by atoms with Crippen molar-refractivity contribution in [3.8, 4) is 0 Å². The maximum Gasteiger partial charge on any atom is 0.373 e.